The number of carbonyl (C=O) groups excluding carboxylic acids is 1. The van der Waals surface area contributed by atoms with Crippen molar-refractivity contribution in [1.29, 1.82) is 0 Å². The zero-order valence-corrected chi connectivity index (χ0v) is 13.8. The number of pyridine rings is 2. The van der Waals surface area contributed by atoms with Crippen LogP contribution in [0.4, 0.5) is 0 Å². The van der Waals surface area contributed by atoms with Crippen LogP contribution >= 0.6 is 0 Å². The molecule has 5 nitrogen and oxygen atoms in total. The number of amides is 1. The van der Waals surface area contributed by atoms with Crippen molar-refractivity contribution in [3.63, 3.8) is 0 Å². The minimum absolute atomic E-state index is 0.00649. The number of carbonyl (C=O) groups is 1. The quantitative estimate of drug-likeness (QED) is 0.849. The van der Waals surface area contributed by atoms with Crippen LogP contribution in [-0.2, 0) is 17.9 Å². The number of hydrogen-bond donors (Lipinski definition) is 0. The Balaban J connectivity index is 1.79. The Bertz CT molecular complexity index is 721. The van der Waals surface area contributed by atoms with Gasteiger partial charge in [0.15, 0.2) is 0 Å². The van der Waals surface area contributed by atoms with Gasteiger partial charge in [-0.25, -0.2) is 0 Å². The van der Waals surface area contributed by atoms with Crippen LogP contribution < -0.4 is 5.56 Å². The Morgan fingerprint density at radius 3 is 2.58 bits per heavy atom. The molecule has 2 heterocycles. The summed E-state index contributed by atoms with van der Waals surface area (Å²) in [6.07, 6.45) is 10.8. The summed E-state index contributed by atoms with van der Waals surface area (Å²) < 4.78 is 1.48. The maximum absolute atomic E-state index is 12.9. The highest BCUT2D eigenvalue weighted by Gasteiger charge is 2.25. The molecule has 126 valence electrons. The molecule has 1 fully saturated rings. The van der Waals surface area contributed by atoms with Gasteiger partial charge in [-0.2, -0.15) is 0 Å². The Kier molecular flexibility index (Phi) is 5.41. The predicted molar refractivity (Wildman–Crippen MR) is 92.4 cm³/mol. The smallest absolute Gasteiger partial charge is 0.250 e. The highest BCUT2D eigenvalue weighted by atomic mass is 16.2. The topological polar surface area (TPSA) is 55.2 Å². The predicted octanol–water partition coefficient (Wildman–Crippen LogP) is 2.60. The largest absolute Gasteiger partial charge is 0.334 e. The van der Waals surface area contributed by atoms with E-state index in [0.29, 0.717) is 6.54 Å². The highest BCUT2D eigenvalue weighted by molar-refractivity contribution is 5.76. The first-order valence-electron chi connectivity index (χ1n) is 8.58. The van der Waals surface area contributed by atoms with Crippen LogP contribution in [0.25, 0.3) is 0 Å². The molecule has 0 saturated heterocycles. The highest BCUT2D eigenvalue weighted by Crippen LogP contribution is 2.24. The molecule has 3 rings (SSSR count). The van der Waals surface area contributed by atoms with Gasteiger partial charge in [0.25, 0.3) is 5.56 Å². The molecule has 1 amide bonds. The Morgan fingerprint density at radius 1 is 1.12 bits per heavy atom. The monoisotopic (exact) mass is 325 g/mol. The third kappa shape index (κ3) is 4.10. The molecule has 0 N–H and O–H groups in total. The molecule has 0 aliphatic heterocycles. The van der Waals surface area contributed by atoms with Gasteiger partial charge in [0.1, 0.15) is 6.54 Å². The minimum atomic E-state index is -0.140. The second-order valence-electron chi connectivity index (χ2n) is 6.34. The van der Waals surface area contributed by atoms with Crippen LogP contribution in [0.1, 0.15) is 37.7 Å². The van der Waals surface area contributed by atoms with E-state index < -0.39 is 0 Å². The van der Waals surface area contributed by atoms with E-state index in [1.54, 1.807) is 30.7 Å². The fourth-order valence-electron chi connectivity index (χ4n) is 3.33. The summed E-state index contributed by atoms with van der Waals surface area (Å²) in [5, 5.41) is 0. The summed E-state index contributed by atoms with van der Waals surface area (Å²) in [6.45, 7) is 0.675. The zero-order chi connectivity index (χ0) is 16.8. The van der Waals surface area contributed by atoms with Crippen molar-refractivity contribution >= 4 is 5.91 Å². The molecule has 0 bridgehead atoms. The number of rotatable bonds is 5. The van der Waals surface area contributed by atoms with Crippen molar-refractivity contribution in [2.24, 2.45) is 0 Å². The van der Waals surface area contributed by atoms with Crippen molar-refractivity contribution in [3.05, 3.63) is 64.8 Å². The summed E-state index contributed by atoms with van der Waals surface area (Å²) in [5.74, 6) is 0.00649. The van der Waals surface area contributed by atoms with Gasteiger partial charge in [-0.1, -0.05) is 25.3 Å². The summed E-state index contributed by atoms with van der Waals surface area (Å²) in [4.78, 5) is 30.8. The normalized spacial score (nSPS) is 15.2. The lowest BCUT2D eigenvalue weighted by Crippen LogP contribution is -2.43. The van der Waals surface area contributed by atoms with E-state index in [4.69, 9.17) is 0 Å². The maximum atomic E-state index is 12.9. The first-order valence-corrected chi connectivity index (χ1v) is 8.58. The van der Waals surface area contributed by atoms with Crippen LogP contribution in [0.5, 0.6) is 0 Å². The fourth-order valence-corrected chi connectivity index (χ4v) is 3.33. The molecule has 1 aliphatic rings. The van der Waals surface area contributed by atoms with E-state index >= 15 is 0 Å². The zero-order valence-electron chi connectivity index (χ0n) is 13.8. The molecule has 0 atom stereocenters. The first-order chi connectivity index (χ1) is 11.7. The van der Waals surface area contributed by atoms with Gasteiger partial charge in [0, 0.05) is 37.2 Å². The van der Waals surface area contributed by atoms with E-state index in [-0.39, 0.29) is 24.1 Å². The Hall–Kier alpha value is -2.43. The van der Waals surface area contributed by atoms with E-state index in [1.165, 1.54) is 17.1 Å². The van der Waals surface area contributed by atoms with E-state index in [9.17, 15) is 9.59 Å². The van der Waals surface area contributed by atoms with Gasteiger partial charge in [0.05, 0.1) is 0 Å². The van der Waals surface area contributed by atoms with Crippen LogP contribution in [0.15, 0.2) is 53.7 Å². The number of aromatic nitrogens is 2. The van der Waals surface area contributed by atoms with Crippen molar-refractivity contribution < 1.29 is 4.79 Å². The lowest BCUT2D eigenvalue weighted by molar-refractivity contribution is -0.135. The number of nitrogens with zero attached hydrogens (tertiary/aromatic N) is 3. The van der Waals surface area contributed by atoms with Crippen LogP contribution in [0.2, 0.25) is 0 Å². The molecule has 24 heavy (non-hydrogen) atoms. The summed E-state index contributed by atoms with van der Waals surface area (Å²) >= 11 is 0. The molecule has 1 saturated carbocycles. The van der Waals surface area contributed by atoms with Gasteiger partial charge in [-0.3, -0.25) is 14.6 Å². The maximum Gasteiger partial charge on any atom is 0.250 e. The SMILES string of the molecule is O=C(Cn1ccccc1=O)N(Cc1ccncc1)C1CCCCC1. The van der Waals surface area contributed by atoms with Gasteiger partial charge >= 0.3 is 0 Å². The Labute approximate surface area is 141 Å². The molecule has 0 radical (unpaired) electrons. The van der Waals surface area contributed by atoms with Crippen LogP contribution in [0.3, 0.4) is 0 Å². The molecule has 0 aromatic carbocycles. The lowest BCUT2D eigenvalue weighted by Gasteiger charge is -2.34. The molecule has 0 spiro atoms. The van der Waals surface area contributed by atoms with Crippen LogP contribution in [-0.4, -0.2) is 26.4 Å². The standard InChI is InChI=1S/C19H23N3O2/c23-18-8-4-5-13-21(18)15-19(24)22(17-6-2-1-3-7-17)14-16-9-11-20-12-10-16/h4-5,8-13,17H,1-3,6-7,14-15H2. The number of hydrogen-bond acceptors (Lipinski definition) is 3. The second kappa shape index (κ2) is 7.90. The Morgan fingerprint density at radius 2 is 1.88 bits per heavy atom. The van der Waals surface area contributed by atoms with E-state index in [2.05, 4.69) is 4.98 Å². The molecule has 0 unspecified atom stereocenters. The second-order valence-corrected chi connectivity index (χ2v) is 6.34. The third-order valence-electron chi connectivity index (χ3n) is 4.64. The van der Waals surface area contributed by atoms with Gasteiger partial charge in [-0.05, 0) is 36.6 Å². The van der Waals surface area contributed by atoms with Gasteiger partial charge in [0.2, 0.25) is 5.91 Å². The van der Waals surface area contributed by atoms with Gasteiger partial charge < -0.3 is 9.47 Å². The van der Waals surface area contributed by atoms with Crippen molar-refractivity contribution in [2.75, 3.05) is 0 Å². The lowest BCUT2D eigenvalue weighted by atomic mass is 9.93. The van der Waals surface area contributed by atoms with Crippen molar-refractivity contribution in [1.82, 2.24) is 14.5 Å². The average Bonchev–Trinajstić information content (AvgIpc) is 2.63. The molecule has 5 heteroatoms. The van der Waals surface area contributed by atoms with E-state index in [0.717, 1.165) is 31.2 Å². The summed E-state index contributed by atoms with van der Waals surface area (Å²) in [7, 11) is 0. The molecule has 2 aromatic heterocycles. The van der Waals surface area contributed by atoms with E-state index in [1.807, 2.05) is 17.0 Å². The average molecular weight is 325 g/mol. The fraction of sp³-hybridized carbons (Fsp3) is 0.421. The third-order valence-corrected chi connectivity index (χ3v) is 4.64. The summed E-state index contributed by atoms with van der Waals surface area (Å²) in [5.41, 5.74) is 0.933. The van der Waals surface area contributed by atoms with Gasteiger partial charge in [-0.15, -0.1) is 0 Å². The molecule has 2 aromatic rings. The molecular weight excluding hydrogens is 302 g/mol. The molecule has 1 aliphatic carbocycles. The van der Waals surface area contributed by atoms with Crippen LogP contribution in [0, 0.1) is 0 Å². The molecular formula is C19H23N3O2. The van der Waals surface area contributed by atoms with Crippen molar-refractivity contribution in [2.45, 2.75) is 51.2 Å². The minimum Gasteiger partial charge on any atom is -0.334 e. The first kappa shape index (κ1) is 16.4. The van der Waals surface area contributed by atoms with Crippen molar-refractivity contribution in [3.8, 4) is 0 Å². The summed E-state index contributed by atoms with van der Waals surface area (Å²) in [6, 6.07) is 9.11.